The number of nitrogens with zero attached hydrogens (tertiary/aromatic N) is 3. The fraction of sp³-hybridized carbons (Fsp3) is 0.429. The number of likely N-dealkylation sites (N-methyl/N-ethyl adjacent to an activating group) is 1. The Morgan fingerprint density at radius 3 is 2.84 bits per heavy atom. The molecule has 0 radical (unpaired) electrons. The molecule has 0 bridgehead atoms. The average Bonchev–Trinajstić information content (AvgIpc) is 2.65. The molecule has 0 aliphatic carbocycles. The van der Waals surface area contributed by atoms with Crippen LogP contribution < -0.4 is 5.32 Å². The zero-order chi connectivity index (χ0) is 13.8. The second kappa shape index (κ2) is 6.17. The van der Waals surface area contributed by atoms with Gasteiger partial charge in [-0.2, -0.15) is 5.10 Å². The van der Waals surface area contributed by atoms with Crippen LogP contribution in [0.3, 0.4) is 0 Å². The number of hydrogen-bond acceptors (Lipinski definition) is 3. The zero-order valence-corrected chi connectivity index (χ0v) is 12.3. The van der Waals surface area contributed by atoms with E-state index in [0.29, 0.717) is 11.6 Å². The normalized spacial score (nSPS) is 10.9. The summed E-state index contributed by atoms with van der Waals surface area (Å²) in [5.74, 6) is 0. The van der Waals surface area contributed by atoms with Gasteiger partial charge in [-0.3, -0.25) is 9.67 Å². The number of nitrogens with one attached hydrogen (secondary N) is 1. The van der Waals surface area contributed by atoms with E-state index in [1.165, 1.54) is 11.3 Å². The van der Waals surface area contributed by atoms with E-state index in [1.54, 1.807) is 12.4 Å². The van der Waals surface area contributed by atoms with Crippen LogP contribution in [0.25, 0.3) is 0 Å². The van der Waals surface area contributed by atoms with Gasteiger partial charge in [-0.25, -0.2) is 0 Å². The Morgan fingerprint density at radius 1 is 1.37 bits per heavy atom. The summed E-state index contributed by atoms with van der Waals surface area (Å²) in [6.07, 6.45) is 4.43. The Kier molecular flexibility index (Phi) is 4.56. The number of aryl methyl sites for hydroxylation is 1. The lowest BCUT2D eigenvalue weighted by atomic mass is 10.1. The lowest BCUT2D eigenvalue weighted by molar-refractivity contribution is 0.657. The molecule has 0 aromatic carbocycles. The molecule has 4 nitrogen and oxygen atoms in total. The Labute approximate surface area is 118 Å². The summed E-state index contributed by atoms with van der Waals surface area (Å²) in [6, 6.07) is 1.94. The Hall–Kier alpha value is -1.39. The maximum absolute atomic E-state index is 6.14. The molecule has 0 aliphatic heterocycles. The summed E-state index contributed by atoms with van der Waals surface area (Å²) >= 11 is 6.14. The highest BCUT2D eigenvalue weighted by Gasteiger charge is 2.12. The van der Waals surface area contributed by atoms with E-state index in [1.807, 2.05) is 17.8 Å². The van der Waals surface area contributed by atoms with Gasteiger partial charge in [0.1, 0.15) is 0 Å². The van der Waals surface area contributed by atoms with Gasteiger partial charge in [0.25, 0.3) is 0 Å². The summed E-state index contributed by atoms with van der Waals surface area (Å²) in [4.78, 5) is 4.00. The molecule has 0 spiro atoms. The molecule has 0 atom stereocenters. The van der Waals surface area contributed by atoms with E-state index in [2.05, 4.69) is 29.2 Å². The molecule has 19 heavy (non-hydrogen) atoms. The number of hydrogen-bond donors (Lipinski definition) is 1. The van der Waals surface area contributed by atoms with Crippen LogP contribution in [0.1, 0.15) is 22.5 Å². The maximum Gasteiger partial charge on any atom is 0.0678 e. The number of halogens is 1. The number of rotatable bonds is 5. The summed E-state index contributed by atoms with van der Waals surface area (Å²) < 4.78 is 2.02. The van der Waals surface area contributed by atoms with Crippen LogP contribution in [0.4, 0.5) is 0 Å². The summed E-state index contributed by atoms with van der Waals surface area (Å²) in [5.41, 5.74) is 4.67. The third-order valence-electron chi connectivity index (χ3n) is 3.33. The first-order valence-corrected chi connectivity index (χ1v) is 6.77. The molecule has 0 saturated carbocycles. The summed E-state index contributed by atoms with van der Waals surface area (Å²) in [7, 11) is 1.96. The molecule has 0 unspecified atom stereocenters. The quantitative estimate of drug-likeness (QED) is 0.913. The van der Waals surface area contributed by atoms with Crippen molar-refractivity contribution in [1.82, 2.24) is 20.1 Å². The fourth-order valence-electron chi connectivity index (χ4n) is 2.19. The van der Waals surface area contributed by atoms with Crippen LogP contribution in [-0.4, -0.2) is 28.4 Å². The minimum atomic E-state index is 0.687. The van der Waals surface area contributed by atoms with Gasteiger partial charge in [0.2, 0.25) is 0 Å². The lowest BCUT2D eigenvalue weighted by Gasteiger charge is -2.07. The average molecular weight is 279 g/mol. The van der Waals surface area contributed by atoms with Crippen molar-refractivity contribution in [2.45, 2.75) is 26.8 Å². The Morgan fingerprint density at radius 2 is 2.16 bits per heavy atom. The summed E-state index contributed by atoms with van der Waals surface area (Å²) in [5, 5.41) is 8.47. The van der Waals surface area contributed by atoms with Gasteiger partial charge in [-0.15, -0.1) is 0 Å². The third kappa shape index (κ3) is 3.14. The minimum Gasteiger partial charge on any atom is -0.319 e. The molecule has 2 aromatic heterocycles. The lowest BCUT2D eigenvalue weighted by Crippen LogP contribution is -2.11. The molecule has 2 aromatic rings. The topological polar surface area (TPSA) is 42.7 Å². The second-order valence-corrected chi connectivity index (χ2v) is 5.03. The fourth-order valence-corrected chi connectivity index (χ4v) is 2.37. The van der Waals surface area contributed by atoms with Crippen LogP contribution >= 0.6 is 11.6 Å². The highest BCUT2D eigenvalue weighted by molar-refractivity contribution is 6.31. The molecule has 5 heteroatoms. The molecule has 0 amide bonds. The summed E-state index contributed by atoms with van der Waals surface area (Å²) in [6.45, 7) is 5.82. The number of pyridine rings is 1. The maximum atomic E-state index is 6.14. The van der Waals surface area contributed by atoms with Crippen LogP contribution in [0.2, 0.25) is 5.02 Å². The van der Waals surface area contributed by atoms with Crippen LogP contribution in [0, 0.1) is 13.8 Å². The Bertz CT molecular complexity index is 563. The largest absolute Gasteiger partial charge is 0.319 e. The van der Waals surface area contributed by atoms with Crippen molar-refractivity contribution >= 4 is 11.6 Å². The highest BCUT2D eigenvalue weighted by Crippen LogP contribution is 2.18. The van der Waals surface area contributed by atoms with E-state index in [4.69, 9.17) is 11.6 Å². The van der Waals surface area contributed by atoms with Crippen molar-refractivity contribution in [3.63, 3.8) is 0 Å². The monoisotopic (exact) mass is 278 g/mol. The first-order valence-electron chi connectivity index (χ1n) is 6.39. The molecule has 0 fully saturated rings. The number of aromatic nitrogens is 3. The van der Waals surface area contributed by atoms with Gasteiger partial charge in [-0.05, 0) is 51.1 Å². The first-order chi connectivity index (χ1) is 9.13. The minimum absolute atomic E-state index is 0.687. The van der Waals surface area contributed by atoms with Crippen molar-refractivity contribution in [3.8, 4) is 0 Å². The second-order valence-electron chi connectivity index (χ2n) is 4.63. The van der Waals surface area contributed by atoms with E-state index < -0.39 is 0 Å². The molecule has 0 aliphatic rings. The van der Waals surface area contributed by atoms with Gasteiger partial charge in [0.05, 0.1) is 17.3 Å². The molecule has 2 rings (SSSR count). The predicted molar refractivity (Wildman–Crippen MR) is 77.7 cm³/mol. The molecule has 0 saturated heterocycles. The highest BCUT2D eigenvalue weighted by atomic mass is 35.5. The predicted octanol–water partition coefficient (Wildman–Crippen LogP) is 2.36. The first kappa shape index (κ1) is 14.0. The van der Waals surface area contributed by atoms with Gasteiger partial charge in [0.15, 0.2) is 0 Å². The molecular formula is C14H19ClN4. The Balaban J connectivity index is 2.24. The molecular weight excluding hydrogens is 260 g/mol. The van der Waals surface area contributed by atoms with Crippen molar-refractivity contribution in [2.75, 3.05) is 13.6 Å². The van der Waals surface area contributed by atoms with Crippen molar-refractivity contribution in [1.29, 1.82) is 0 Å². The van der Waals surface area contributed by atoms with Crippen LogP contribution in [0.15, 0.2) is 18.5 Å². The van der Waals surface area contributed by atoms with Crippen molar-refractivity contribution in [3.05, 3.63) is 46.0 Å². The SMILES string of the molecule is CNCCc1c(C)nn(Cc2ccncc2Cl)c1C. The van der Waals surface area contributed by atoms with E-state index in [-0.39, 0.29) is 0 Å². The third-order valence-corrected chi connectivity index (χ3v) is 3.67. The van der Waals surface area contributed by atoms with E-state index in [0.717, 1.165) is 24.2 Å². The van der Waals surface area contributed by atoms with Crippen molar-refractivity contribution in [2.24, 2.45) is 0 Å². The van der Waals surface area contributed by atoms with Gasteiger partial charge >= 0.3 is 0 Å². The molecule has 102 valence electrons. The molecule has 2 heterocycles. The van der Waals surface area contributed by atoms with Crippen LogP contribution in [0.5, 0.6) is 0 Å². The zero-order valence-electron chi connectivity index (χ0n) is 11.6. The van der Waals surface area contributed by atoms with Gasteiger partial charge < -0.3 is 5.32 Å². The molecule has 1 N–H and O–H groups in total. The van der Waals surface area contributed by atoms with Crippen molar-refractivity contribution < 1.29 is 0 Å². The van der Waals surface area contributed by atoms with Gasteiger partial charge in [0, 0.05) is 18.1 Å². The smallest absolute Gasteiger partial charge is 0.0678 e. The standard InChI is InChI=1S/C14H19ClN4/c1-10-13(5-6-16-3)11(2)19(18-10)9-12-4-7-17-8-14(12)15/h4,7-8,16H,5-6,9H2,1-3H3. The van der Waals surface area contributed by atoms with Crippen LogP contribution in [-0.2, 0) is 13.0 Å². The van der Waals surface area contributed by atoms with Gasteiger partial charge in [-0.1, -0.05) is 11.6 Å². The van der Waals surface area contributed by atoms with E-state index >= 15 is 0 Å². The van der Waals surface area contributed by atoms with E-state index in [9.17, 15) is 0 Å².